The third kappa shape index (κ3) is 9.42. The number of rotatable bonds is 9. The number of pyridine rings is 1. The van der Waals surface area contributed by atoms with Crippen molar-refractivity contribution in [2.75, 3.05) is 0 Å². The van der Waals surface area contributed by atoms with Crippen LogP contribution in [0.4, 0.5) is 0 Å². The van der Waals surface area contributed by atoms with Gasteiger partial charge in [-0.05, 0) is 75.1 Å². The van der Waals surface area contributed by atoms with Crippen LogP contribution in [0.2, 0.25) is 0 Å². The number of para-hydroxylation sites is 1. The van der Waals surface area contributed by atoms with Gasteiger partial charge in [-0.25, -0.2) is 17.4 Å². The molecule has 4 rings (SSSR count). The molecule has 0 aliphatic carbocycles. The number of fused-ring (bicyclic) bond motifs is 1. The molecule has 0 saturated carbocycles. The molecule has 0 radical (unpaired) electrons. The zero-order valence-corrected chi connectivity index (χ0v) is 30.7. The molecule has 1 atom stereocenters. The molecule has 0 fully saturated rings. The highest BCUT2D eigenvalue weighted by molar-refractivity contribution is 7.90. The summed E-state index contributed by atoms with van der Waals surface area (Å²) in [5.41, 5.74) is 2.88. The number of aromatic nitrogens is 3. The molecule has 0 amide bonds. The van der Waals surface area contributed by atoms with Gasteiger partial charge in [0.2, 0.25) is 0 Å². The first-order chi connectivity index (χ1) is 21.6. The van der Waals surface area contributed by atoms with Gasteiger partial charge in [0.15, 0.2) is 0 Å². The standard InChI is InChI=1S/C30H31ClN4O3S2.C4H10.C2H6/c1-6-7-9-23(20(3)31)28(34-39)29-33-27-24(25-18-21(16-17-32-25)30(4,5)36)10-8-11-26(27)35(29)40(37,38)22-14-12-19(2)13-15-22;1-4(2)3;1-2/h6-18,28,34,36,39H,3H2,1-2,4-5H3;4H,1-3H3;1-2H3/b7-6-,23-9+;;. The Hall–Kier alpha value is -3.21. The van der Waals surface area contributed by atoms with E-state index in [1.807, 2.05) is 39.8 Å². The van der Waals surface area contributed by atoms with Crippen LogP contribution in [0.1, 0.15) is 78.4 Å². The van der Waals surface area contributed by atoms with Crippen molar-refractivity contribution >= 4 is 45.5 Å². The Kier molecular flexibility index (Phi) is 14.5. The molecule has 2 aromatic heterocycles. The van der Waals surface area contributed by atoms with Crippen molar-refractivity contribution in [3.63, 3.8) is 0 Å². The van der Waals surface area contributed by atoms with E-state index >= 15 is 0 Å². The highest BCUT2D eigenvalue weighted by atomic mass is 35.5. The fourth-order valence-electron chi connectivity index (χ4n) is 4.32. The van der Waals surface area contributed by atoms with Gasteiger partial charge in [0.1, 0.15) is 11.9 Å². The van der Waals surface area contributed by atoms with Crippen LogP contribution in [-0.4, -0.2) is 27.5 Å². The van der Waals surface area contributed by atoms with Crippen molar-refractivity contribution in [2.24, 2.45) is 5.92 Å². The van der Waals surface area contributed by atoms with E-state index in [9.17, 15) is 13.5 Å². The van der Waals surface area contributed by atoms with Crippen LogP contribution in [0.15, 0.2) is 101 Å². The van der Waals surface area contributed by atoms with E-state index < -0.39 is 21.7 Å². The first-order valence-corrected chi connectivity index (χ1v) is 17.5. The lowest BCUT2D eigenvalue weighted by Crippen LogP contribution is -2.24. The monoisotopic (exact) mass is 682 g/mol. The van der Waals surface area contributed by atoms with Gasteiger partial charge in [0.25, 0.3) is 10.0 Å². The zero-order chi connectivity index (χ0) is 34.8. The Balaban J connectivity index is 0.00000114. The molecule has 248 valence electrons. The molecular formula is C36H47ClN4O3S2. The SMILES string of the molecule is C=C(Cl)/C(=C\C=C/C)C(NS)c1nc2c(-c3cc(C(C)(C)O)ccn3)cccc2n1S(=O)(=O)c1ccc(C)cc1.CC.CC(C)C. The third-order valence-electron chi connectivity index (χ3n) is 6.45. The molecule has 0 saturated heterocycles. The number of aliphatic hydroxyl groups is 1. The summed E-state index contributed by atoms with van der Waals surface area (Å²) < 4.78 is 32.6. The van der Waals surface area contributed by atoms with E-state index in [1.54, 1.807) is 80.7 Å². The molecule has 0 bridgehead atoms. The van der Waals surface area contributed by atoms with Crippen molar-refractivity contribution in [2.45, 2.75) is 78.9 Å². The Morgan fingerprint density at radius 2 is 1.72 bits per heavy atom. The number of thiol groups is 1. The first kappa shape index (κ1) is 39.0. The largest absolute Gasteiger partial charge is 0.386 e. The second-order valence-corrected chi connectivity index (χ2v) is 14.1. The maximum Gasteiger partial charge on any atom is 0.269 e. The number of hydrogen-bond acceptors (Lipinski definition) is 7. The summed E-state index contributed by atoms with van der Waals surface area (Å²) in [5.74, 6) is 0.981. The zero-order valence-electron chi connectivity index (χ0n) is 28.2. The minimum Gasteiger partial charge on any atom is -0.386 e. The molecule has 0 aliphatic rings. The smallest absolute Gasteiger partial charge is 0.269 e. The Morgan fingerprint density at radius 3 is 2.24 bits per heavy atom. The predicted octanol–water partition coefficient (Wildman–Crippen LogP) is 9.29. The Labute approximate surface area is 285 Å². The summed E-state index contributed by atoms with van der Waals surface area (Å²) in [6.45, 7) is 21.5. The minimum atomic E-state index is -4.13. The number of nitrogens with one attached hydrogen (secondary N) is 1. The van der Waals surface area contributed by atoms with E-state index in [0.717, 1.165) is 11.5 Å². The van der Waals surface area contributed by atoms with E-state index in [2.05, 4.69) is 49.9 Å². The lowest BCUT2D eigenvalue weighted by molar-refractivity contribution is 0.0785. The molecule has 1 unspecified atom stereocenters. The Bertz CT molecular complexity index is 1780. The lowest BCUT2D eigenvalue weighted by Gasteiger charge is -2.20. The highest BCUT2D eigenvalue weighted by Crippen LogP contribution is 2.37. The van der Waals surface area contributed by atoms with Crippen LogP contribution in [-0.2, 0) is 15.6 Å². The molecule has 7 nitrogen and oxygen atoms in total. The second kappa shape index (κ2) is 17.1. The van der Waals surface area contributed by atoms with Crippen molar-refractivity contribution in [3.05, 3.63) is 113 Å². The van der Waals surface area contributed by atoms with Crippen molar-refractivity contribution in [1.29, 1.82) is 0 Å². The van der Waals surface area contributed by atoms with Crippen LogP contribution in [0.5, 0.6) is 0 Å². The van der Waals surface area contributed by atoms with E-state index in [4.69, 9.17) is 16.6 Å². The average molecular weight is 683 g/mol. The first-order valence-electron chi connectivity index (χ1n) is 15.2. The Morgan fingerprint density at radius 1 is 1.11 bits per heavy atom. The lowest BCUT2D eigenvalue weighted by atomic mass is 9.97. The molecular weight excluding hydrogens is 636 g/mol. The van der Waals surface area contributed by atoms with Crippen LogP contribution in [0.25, 0.3) is 22.3 Å². The third-order valence-corrected chi connectivity index (χ3v) is 8.66. The van der Waals surface area contributed by atoms with Gasteiger partial charge in [-0.1, -0.05) is 114 Å². The van der Waals surface area contributed by atoms with E-state index in [0.29, 0.717) is 33.4 Å². The maximum absolute atomic E-state index is 14.2. The van der Waals surface area contributed by atoms with Crippen molar-refractivity contribution < 1.29 is 13.5 Å². The van der Waals surface area contributed by atoms with Crippen LogP contribution >= 0.6 is 24.4 Å². The fourth-order valence-corrected chi connectivity index (χ4v) is 6.24. The van der Waals surface area contributed by atoms with Gasteiger partial charge < -0.3 is 5.11 Å². The van der Waals surface area contributed by atoms with Gasteiger partial charge >= 0.3 is 0 Å². The maximum atomic E-state index is 14.2. The highest BCUT2D eigenvalue weighted by Gasteiger charge is 2.32. The minimum absolute atomic E-state index is 0.104. The second-order valence-electron chi connectivity index (χ2n) is 11.6. The van der Waals surface area contributed by atoms with Crippen molar-refractivity contribution in [3.8, 4) is 11.3 Å². The van der Waals surface area contributed by atoms with E-state index in [-0.39, 0.29) is 15.8 Å². The number of benzene rings is 2. The number of imidazole rings is 1. The van der Waals surface area contributed by atoms with Gasteiger partial charge in [-0.2, -0.15) is 0 Å². The number of allylic oxidation sites excluding steroid dienone is 3. The van der Waals surface area contributed by atoms with Crippen LogP contribution < -0.4 is 4.72 Å². The number of aryl methyl sites for hydroxylation is 1. The molecule has 0 aliphatic heterocycles. The van der Waals surface area contributed by atoms with Gasteiger partial charge in [0.05, 0.1) is 27.2 Å². The molecule has 0 spiro atoms. The van der Waals surface area contributed by atoms with Crippen molar-refractivity contribution in [1.82, 2.24) is 18.7 Å². The van der Waals surface area contributed by atoms with E-state index in [1.165, 1.54) is 3.97 Å². The van der Waals surface area contributed by atoms with Gasteiger partial charge in [0, 0.05) is 16.8 Å². The van der Waals surface area contributed by atoms with Crippen LogP contribution in [0, 0.1) is 12.8 Å². The van der Waals surface area contributed by atoms with Gasteiger partial charge in [-0.15, -0.1) is 0 Å². The number of nitrogens with zero attached hydrogens (tertiary/aromatic N) is 3. The molecule has 46 heavy (non-hydrogen) atoms. The summed E-state index contributed by atoms with van der Waals surface area (Å²) >= 11 is 10.7. The van der Waals surface area contributed by atoms with Crippen LogP contribution in [0.3, 0.4) is 0 Å². The predicted molar refractivity (Wildman–Crippen MR) is 197 cm³/mol. The fraction of sp³-hybridized carbons (Fsp3) is 0.333. The topological polar surface area (TPSA) is 97.1 Å². The molecule has 2 N–H and O–H groups in total. The molecule has 2 aromatic carbocycles. The summed E-state index contributed by atoms with van der Waals surface area (Å²) in [4.78, 5) is 9.50. The normalized spacial score (nSPS) is 12.8. The summed E-state index contributed by atoms with van der Waals surface area (Å²) in [7, 11) is -4.13. The molecule has 2 heterocycles. The molecule has 4 aromatic rings. The van der Waals surface area contributed by atoms with Gasteiger partial charge in [-0.3, -0.25) is 9.71 Å². The number of hydrogen-bond donors (Lipinski definition) is 3. The quantitative estimate of drug-likeness (QED) is 0.120. The average Bonchev–Trinajstić information content (AvgIpc) is 3.40. The summed E-state index contributed by atoms with van der Waals surface area (Å²) in [6, 6.07) is 14.6. The number of halogens is 1. The summed E-state index contributed by atoms with van der Waals surface area (Å²) in [5, 5.41) is 10.8. The molecule has 10 heteroatoms. The summed E-state index contributed by atoms with van der Waals surface area (Å²) in [6.07, 6.45) is 6.94.